The Morgan fingerprint density at radius 3 is 1.85 bits per heavy atom. The Hall–Kier alpha value is -3.36. The first-order valence-corrected chi connectivity index (χ1v) is 24.1. The number of esters is 2. The number of amides is 1. The molecule has 15 nitrogen and oxygen atoms in total. The zero-order chi connectivity index (χ0) is 43.5. The number of halogens is 3. The van der Waals surface area contributed by atoms with E-state index in [1.54, 1.807) is 48.5 Å². The first kappa shape index (κ1) is 47.7. The van der Waals surface area contributed by atoms with Gasteiger partial charge in [0.2, 0.25) is 3.79 Å². The van der Waals surface area contributed by atoms with Gasteiger partial charge in [0.25, 0.3) is 0 Å². The van der Waals surface area contributed by atoms with Gasteiger partial charge in [-0.1, -0.05) is 121 Å². The van der Waals surface area contributed by atoms with E-state index in [-0.39, 0.29) is 30.9 Å². The number of benzene rings is 3. The molecule has 0 saturated carbocycles. The van der Waals surface area contributed by atoms with E-state index in [2.05, 4.69) is 25.0 Å². The highest BCUT2D eigenvalue weighted by Crippen LogP contribution is 2.35. The third kappa shape index (κ3) is 14.1. The lowest BCUT2D eigenvalue weighted by Gasteiger charge is -2.48. The smallest absolute Gasteiger partial charge is 0.407 e. The van der Waals surface area contributed by atoms with Crippen molar-refractivity contribution >= 4 is 60.9 Å². The monoisotopic (exact) mass is 913 g/mol. The van der Waals surface area contributed by atoms with Gasteiger partial charge in [-0.15, -0.1) is 0 Å². The molecule has 60 heavy (non-hydrogen) atoms. The predicted molar refractivity (Wildman–Crippen MR) is 221 cm³/mol. The summed E-state index contributed by atoms with van der Waals surface area (Å²) in [5, 5.41) is 34.7. The fourth-order valence-corrected chi connectivity index (χ4v) is 7.18. The van der Waals surface area contributed by atoms with E-state index in [1.165, 1.54) is 12.1 Å². The molecule has 0 aliphatic carbocycles. The molecule has 3 aromatic rings. The van der Waals surface area contributed by atoms with E-state index in [0.717, 1.165) is 5.56 Å². The average Bonchev–Trinajstić information content (AvgIpc) is 3.22. The lowest BCUT2D eigenvalue weighted by Crippen LogP contribution is -2.68. The summed E-state index contributed by atoms with van der Waals surface area (Å²) in [5.74, 6) is -1.63. The number of alkyl halides is 3. The number of hydrogen-bond donors (Lipinski definition) is 4. The largest absolute Gasteiger partial charge is 0.452 e. The third-order valence-electron chi connectivity index (χ3n) is 9.45. The van der Waals surface area contributed by atoms with Gasteiger partial charge >= 0.3 is 18.0 Å². The number of ether oxygens (including phenoxy) is 8. The Morgan fingerprint density at radius 2 is 1.30 bits per heavy atom. The summed E-state index contributed by atoms with van der Waals surface area (Å²) in [6.45, 7) is 5.08. The van der Waals surface area contributed by atoms with Gasteiger partial charge in [0.15, 0.2) is 24.8 Å². The van der Waals surface area contributed by atoms with Gasteiger partial charge in [-0.25, -0.2) is 14.4 Å². The van der Waals surface area contributed by atoms with Crippen LogP contribution in [0.1, 0.15) is 26.3 Å². The molecule has 2 aliphatic heterocycles. The second-order valence-corrected chi connectivity index (χ2v) is 23.5. The average molecular weight is 915 g/mol. The molecule has 2 saturated heterocycles. The number of hydrogen-bond acceptors (Lipinski definition) is 14. The van der Waals surface area contributed by atoms with Crippen LogP contribution in [0.4, 0.5) is 4.79 Å². The Bertz CT molecular complexity index is 1810. The molecular formula is C41H50Cl3NO14Si. The molecule has 0 aromatic heterocycles. The number of alkyl carbamates (subject to hydrolysis) is 1. The van der Waals surface area contributed by atoms with Gasteiger partial charge in [-0.05, 0) is 35.9 Å². The van der Waals surface area contributed by atoms with Gasteiger partial charge in [0.1, 0.15) is 43.2 Å². The van der Waals surface area contributed by atoms with Crippen molar-refractivity contribution in [1.29, 1.82) is 0 Å². The number of aliphatic hydroxyl groups excluding tert-OH is 3. The summed E-state index contributed by atoms with van der Waals surface area (Å²) in [5.41, 5.74) is 1.15. The molecule has 0 spiro atoms. The lowest BCUT2D eigenvalue weighted by molar-refractivity contribution is -0.346. The molecule has 0 radical (unpaired) electrons. The maximum atomic E-state index is 14.0. The normalized spacial score (nSPS) is 27.1. The molecular weight excluding hydrogens is 865 g/mol. The molecule has 2 fully saturated rings. The molecule has 1 amide bonds. The highest BCUT2D eigenvalue weighted by Gasteiger charge is 2.55. The molecule has 2 heterocycles. The van der Waals surface area contributed by atoms with Crippen LogP contribution in [-0.4, -0.2) is 133 Å². The van der Waals surface area contributed by atoms with E-state index in [0.29, 0.717) is 6.04 Å². The van der Waals surface area contributed by atoms with Gasteiger partial charge in [-0.3, -0.25) is 0 Å². The third-order valence-corrected chi connectivity index (χ3v) is 11.5. The minimum Gasteiger partial charge on any atom is -0.452 e. The summed E-state index contributed by atoms with van der Waals surface area (Å²) in [4.78, 5) is 40.8. The predicted octanol–water partition coefficient (Wildman–Crippen LogP) is 5.02. The van der Waals surface area contributed by atoms with Crippen LogP contribution in [0.25, 0.3) is 0 Å². The summed E-state index contributed by atoms with van der Waals surface area (Å²) < 4.78 is 46.9. The molecule has 0 bridgehead atoms. The van der Waals surface area contributed by atoms with Crippen LogP contribution in [0.2, 0.25) is 25.7 Å². The quantitative estimate of drug-likeness (QED) is 0.0610. The minimum absolute atomic E-state index is 0.117. The molecule has 328 valence electrons. The van der Waals surface area contributed by atoms with Crippen molar-refractivity contribution in [3.8, 4) is 0 Å². The molecule has 10 atom stereocenters. The standard InChI is InChI=1S/C41H50Cl3NO14Si/c1-60(2,3)20-19-53-39-35(58-37(50)27-17-11-6-12-18-27)34(57-36(49)26-15-9-5-10-16-26)33(29(56-39)23-52-22-25-13-7-4-8-14-25)59-38-30(32(48)31(47)28(21-46)55-38)45-40(51)54-24-41(42,43)44/h4-18,28-35,38-39,46-48H,19-24H2,1-3H3,(H,45,51)/t28-,29-,30-,31+,32-,33-,34+,35-,38+,39-/m1/s1. The second-order valence-electron chi connectivity index (χ2n) is 15.4. The van der Waals surface area contributed by atoms with Crippen LogP contribution in [0.3, 0.4) is 0 Å². The van der Waals surface area contributed by atoms with E-state index >= 15 is 0 Å². The Kier molecular flexibility index (Phi) is 17.6. The van der Waals surface area contributed by atoms with E-state index in [4.69, 9.17) is 72.7 Å². The van der Waals surface area contributed by atoms with Crippen molar-refractivity contribution in [3.05, 3.63) is 108 Å². The van der Waals surface area contributed by atoms with E-state index in [9.17, 15) is 29.7 Å². The molecule has 2 aliphatic rings. The maximum Gasteiger partial charge on any atom is 0.407 e. The van der Waals surface area contributed by atoms with Crippen LogP contribution in [0, 0.1) is 0 Å². The second kappa shape index (κ2) is 22.1. The first-order chi connectivity index (χ1) is 28.5. The van der Waals surface area contributed by atoms with E-state index < -0.39 is 104 Å². The summed E-state index contributed by atoms with van der Waals surface area (Å²) >= 11 is 17.3. The zero-order valence-corrected chi connectivity index (χ0v) is 36.4. The van der Waals surface area contributed by atoms with Gasteiger partial charge in [0.05, 0.1) is 30.9 Å². The lowest BCUT2D eigenvalue weighted by atomic mass is 9.95. The van der Waals surface area contributed by atoms with Crippen LogP contribution in [-0.2, 0) is 44.5 Å². The Labute approximate surface area is 364 Å². The molecule has 3 aromatic carbocycles. The Morgan fingerprint density at radius 1 is 0.750 bits per heavy atom. The molecule has 0 unspecified atom stereocenters. The summed E-state index contributed by atoms with van der Waals surface area (Å²) in [6, 6.07) is 24.5. The summed E-state index contributed by atoms with van der Waals surface area (Å²) in [7, 11) is -1.69. The molecule has 19 heteroatoms. The number of carbonyl (C=O) groups excluding carboxylic acids is 3. The number of nitrogens with one attached hydrogen (secondary N) is 1. The topological polar surface area (TPSA) is 198 Å². The fourth-order valence-electron chi connectivity index (χ4n) is 6.28. The van der Waals surface area contributed by atoms with Crippen molar-refractivity contribution < 1.29 is 67.6 Å². The highest BCUT2D eigenvalue weighted by molar-refractivity contribution is 6.76. The fraction of sp³-hybridized carbons (Fsp3) is 0.488. The number of rotatable bonds is 17. The van der Waals surface area contributed by atoms with Gasteiger partial charge in [0, 0.05) is 14.7 Å². The van der Waals surface area contributed by atoms with Crippen molar-refractivity contribution in [2.75, 3.05) is 26.4 Å². The summed E-state index contributed by atoms with van der Waals surface area (Å²) in [6.07, 6.45) is -15.0. The van der Waals surface area contributed by atoms with Crippen LogP contribution < -0.4 is 5.32 Å². The maximum absolute atomic E-state index is 14.0. The zero-order valence-electron chi connectivity index (χ0n) is 33.1. The van der Waals surface area contributed by atoms with E-state index in [1.807, 2.05) is 30.3 Å². The van der Waals surface area contributed by atoms with Crippen LogP contribution in [0.5, 0.6) is 0 Å². The van der Waals surface area contributed by atoms with Crippen molar-refractivity contribution in [2.45, 2.75) is 97.4 Å². The molecule has 5 rings (SSSR count). The SMILES string of the molecule is C[Si](C)(C)CCO[C@@H]1O[C@H](COCc2ccccc2)[C@@H](O[C@@H]2O[C@H](CO)[C@H](O)[C@H](O)[C@H]2NC(=O)OCC(Cl)(Cl)Cl)[C@H](OC(=O)c2ccccc2)[C@H]1OC(=O)c1ccccc1. The van der Waals surface area contributed by atoms with Gasteiger partial charge < -0.3 is 58.5 Å². The van der Waals surface area contributed by atoms with Crippen molar-refractivity contribution in [3.63, 3.8) is 0 Å². The number of aliphatic hydroxyl groups is 3. The minimum atomic E-state index is -1.99. The molecule has 4 N–H and O–H groups in total. The van der Waals surface area contributed by atoms with Crippen LogP contribution in [0.15, 0.2) is 91.0 Å². The van der Waals surface area contributed by atoms with Gasteiger partial charge in [-0.2, -0.15) is 0 Å². The first-order valence-electron chi connectivity index (χ1n) is 19.2. The van der Waals surface area contributed by atoms with Crippen molar-refractivity contribution in [1.82, 2.24) is 5.32 Å². The highest BCUT2D eigenvalue weighted by atomic mass is 35.6. The number of carbonyl (C=O) groups is 3. The van der Waals surface area contributed by atoms with Crippen LogP contribution >= 0.6 is 34.8 Å². The van der Waals surface area contributed by atoms with Crippen molar-refractivity contribution in [2.24, 2.45) is 0 Å². The Balaban J connectivity index is 1.58.